The minimum absolute atomic E-state index is 0.0129. The summed E-state index contributed by atoms with van der Waals surface area (Å²) in [6.45, 7) is 5.88. The topological polar surface area (TPSA) is 102 Å². The molecule has 2 atom stereocenters. The second-order valence-electron chi connectivity index (χ2n) is 8.10. The molecule has 1 saturated heterocycles. The normalized spacial score (nSPS) is 19.4. The lowest BCUT2D eigenvalue weighted by molar-refractivity contribution is -0.0440. The Morgan fingerprint density at radius 1 is 1.09 bits per heavy atom. The van der Waals surface area contributed by atoms with E-state index in [1.165, 1.54) is 40.7 Å². The quantitative estimate of drug-likeness (QED) is 0.604. The van der Waals surface area contributed by atoms with Crippen molar-refractivity contribution >= 4 is 21.6 Å². The van der Waals surface area contributed by atoms with Gasteiger partial charge in [-0.05, 0) is 56.7 Å². The van der Waals surface area contributed by atoms with Gasteiger partial charge in [-0.2, -0.15) is 4.31 Å². The van der Waals surface area contributed by atoms with E-state index in [1.54, 1.807) is 19.1 Å². The maximum absolute atomic E-state index is 13.8. The number of nitrogens with one attached hydrogen (secondary N) is 1. The molecule has 8 nitrogen and oxygen atoms in total. The lowest BCUT2D eigenvalue weighted by Gasteiger charge is -2.34. The van der Waals surface area contributed by atoms with Crippen molar-refractivity contribution < 1.29 is 26.9 Å². The third-order valence-corrected chi connectivity index (χ3v) is 7.18. The molecule has 3 aromatic rings. The molecule has 0 radical (unpaired) electrons. The van der Waals surface area contributed by atoms with Gasteiger partial charge in [-0.1, -0.05) is 17.3 Å². The Morgan fingerprint density at radius 3 is 2.39 bits per heavy atom. The van der Waals surface area contributed by atoms with Crippen LogP contribution >= 0.6 is 0 Å². The van der Waals surface area contributed by atoms with E-state index in [1.807, 2.05) is 13.8 Å². The molecular formula is C23H24FN3O5S. The Hall–Kier alpha value is -3.08. The number of anilines is 1. The summed E-state index contributed by atoms with van der Waals surface area (Å²) in [4.78, 5) is 12.7. The monoisotopic (exact) mass is 473 g/mol. The molecule has 2 heterocycles. The van der Waals surface area contributed by atoms with Crippen molar-refractivity contribution in [3.05, 3.63) is 65.6 Å². The second-order valence-corrected chi connectivity index (χ2v) is 10.0. The molecule has 1 aromatic heterocycles. The first kappa shape index (κ1) is 23.1. The summed E-state index contributed by atoms with van der Waals surface area (Å²) in [5.41, 5.74) is 1.37. The van der Waals surface area contributed by atoms with Crippen molar-refractivity contribution in [2.45, 2.75) is 37.9 Å². The zero-order chi connectivity index (χ0) is 23.8. The Balaban J connectivity index is 1.45. The van der Waals surface area contributed by atoms with Crippen molar-refractivity contribution in [2.75, 3.05) is 18.4 Å². The summed E-state index contributed by atoms with van der Waals surface area (Å²) < 4.78 is 51.9. The molecule has 0 saturated carbocycles. The van der Waals surface area contributed by atoms with Gasteiger partial charge in [0.2, 0.25) is 10.0 Å². The fourth-order valence-electron chi connectivity index (χ4n) is 3.65. The lowest BCUT2D eigenvalue weighted by Crippen LogP contribution is -2.48. The first-order valence-electron chi connectivity index (χ1n) is 10.4. The standard InChI is InChI=1S/C23H24FN3O5S/c1-14-4-5-17(10-20(14)24)22-11-21(26-32-22)23(28)25-18-6-8-19(9-7-18)33(29,30)27-12-15(2)31-16(3)13-27/h4-11,15-16H,12-13H2,1-3H3,(H,25,28)/t15-,16-/m0/s1. The van der Waals surface area contributed by atoms with E-state index in [-0.39, 0.29) is 47.5 Å². The summed E-state index contributed by atoms with van der Waals surface area (Å²) in [7, 11) is -3.68. The van der Waals surface area contributed by atoms with E-state index < -0.39 is 15.9 Å². The maximum Gasteiger partial charge on any atom is 0.277 e. The van der Waals surface area contributed by atoms with Gasteiger partial charge < -0.3 is 14.6 Å². The van der Waals surface area contributed by atoms with Gasteiger partial charge in [0.25, 0.3) is 5.91 Å². The van der Waals surface area contributed by atoms with E-state index in [4.69, 9.17) is 9.26 Å². The molecule has 174 valence electrons. The first-order valence-corrected chi connectivity index (χ1v) is 11.9. The number of rotatable bonds is 5. The largest absolute Gasteiger partial charge is 0.373 e. The summed E-state index contributed by atoms with van der Waals surface area (Å²) >= 11 is 0. The molecule has 0 aliphatic carbocycles. The fraction of sp³-hybridized carbons (Fsp3) is 0.304. The number of aryl methyl sites for hydroxylation is 1. The number of halogens is 1. The van der Waals surface area contributed by atoms with Crippen LogP contribution < -0.4 is 5.32 Å². The number of morpholine rings is 1. The molecule has 33 heavy (non-hydrogen) atoms. The van der Waals surface area contributed by atoms with Crippen molar-refractivity contribution in [1.29, 1.82) is 0 Å². The van der Waals surface area contributed by atoms with Gasteiger partial charge >= 0.3 is 0 Å². The predicted molar refractivity (Wildman–Crippen MR) is 120 cm³/mol. The van der Waals surface area contributed by atoms with Gasteiger partial charge in [0, 0.05) is 30.4 Å². The highest BCUT2D eigenvalue weighted by Crippen LogP contribution is 2.25. The highest BCUT2D eigenvalue weighted by Gasteiger charge is 2.32. The van der Waals surface area contributed by atoms with Crippen LogP contribution in [0.5, 0.6) is 0 Å². The maximum atomic E-state index is 13.8. The lowest BCUT2D eigenvalue weighted by atomic mass is 10.1. The average Bonchev–Trinajstić information content (AvgIpc) is 3.26. The number of ether oxygens (including phenoxy) is 1. The molecular weight excluding hydrogens is 449 g/mol. The molecule has 1 amide bonds. The highest BCUT2D eigenvalue weighted by molar-refractivity contribution is 7.89. The zero-order valence-corrected chi connectivity index (χ0v) is 19.2. The number of benzene rings is 2. The molecule has 1 aliphatic heterocycles. The number of hydrogen-bond acceptors (Lipinski definition) is 6. The van der Waals surface area contributed by atoms with Crippen molar-refractivity contribution in [3.63, 3.8) is 0 Å². The average molecular weight is 474 g/mol. The van der Waals surface area contributed by atoms with Crippen LogP contribution in [0.1, 0.15) is 29.9 Å². The molecule has 0 bridgehead atoms. The Kier molecular flexibility index (Phi) is 6.33. The molecule has 0 unspecified atom stereocenters. The number of aromatic nitrogens is 1. The van der Waals surface area contributed by atoms with E-state index in [9.17, 15) is 17.6 Å². The number of carbonyl (C=O) groups excluding carboxylic acids is 1. The second kappa shape index (κ2) is 9.05. The van der Waals surface area contributed by atoms with Gasteiger partial charge in [0.15, 0.2) is 11.5 Å². The molecule has 2 aromatic carbocycles. The van der Waals surface area contributed by atoms with Crippen LogP contribution in [0, 0.1) is 12.7 Å². The summed E-state index contributed by atoms with van der Waals surface area (Å²) in [5, 5.41) is 6.40. The van der Waals surface area contributed by atoms with E-state index in [0.717, 1.165) is 0 Å². The summed E-state index contributed by atoms with van der Waals surface area (Å²) in [6.07, 6.45) is -0.378. The summed E-state index contributed by atoms with van der Waals surface area (Å²) in [6, 6.07) is 11.9. The van der Waals surface area contributed by atoms with E-state index >= 15 is 0 Å². The highest BCUT2D eigenvalue weighted by atomic mass is 32.2. The Labute approximate surface area is 191 Å². The number of nitrogens with zero attached hydrogens (tertiary/aromatic N) is 2. The third-order valence-electron chi connectivity index (χ3n) is 5.34. The molecule has 10 heteroatoms. The SMILES string of the molecule is Cc1ccc(-c2cc(C(=O)Nc3ccc(S(=O)(=O)N4C[C@H](C)O[C@@H](C)C4)cc3)no2)cc1F. The van der Waals surface area contributed by atoms with Gasteiger partial charge in [0.1, 0.15) is 5.82 Å². The van der Waals surface area contributed by atoms with Crippen LogP contribution in [0.25, 0.3) is 11.3 Å². The number of carbonyl (C=O) groups is 1. The summed E-state index contributed by atoms with van der Waals surface area (Å²) in [5.74, 6) is -0.663. The molecule has 0 spiro atoms. The number of amides is 1. The first-order chi connectivity index (χ1) is 15.6. The zero-order valence-electron chi connectivity index (χ0n) is 18.4. The molecule has 1 fully saturated rings. The van der Waals surface area contributed by atoms with Gasteiger partial charge in [-0.25, -0.2) is 12.8 Å². The van der Waals surface area contributed by atoms with Gasteiger partial charge in [-0.15, -0.1) is 0 Å². The van der Waals surface area contributed by atoms with Crippen LogP contribution in [0.15, 0.2) is 57.9 Å². The molecule has 1 aliphatic rings. The molecule has 4 rings (SSSR count). The number of sulfonamides is 1. The van der Waals surface area contributed by atoms with E-state index in [0.29, 0.717) is 16.8 Å². The van der Waals surface area contributed by atoms with Crippen LogP contribution in [-0.2, 0) is 14.8 Å². The smallest absolute Gasteiger partial charge is 0.277 e. The minimum atomic E-state index is -3.68. The van der Waals surface area contributed by atoms with Crippen LogP contribution in [0.2, 0.25) is 0 Å². The van der Waals surface area contributed by atoms with Crippen LogP contribution in [0.4, 0.5) is 10.1 Å². The third kappa shape index (κ3) is 4.97. The molecule has 1 N–H and O–H groups in total. The van der Waals surface area contributed by atoms with Crippen molar-refractivity contribution in [1.82, 2.24) is 9.46 Å². The fourth-order valence-corrected chi connectivity index (χ4v) is 5.24. The number of hydrogen-bond donors (Lipinski definition) is 1. The predicted octanol–water partition coefficient (Wildman–Crippen LogP) is 3.84. The Bertz CT molecular complexity index is 1260. The van der Waals surface area contributed by atoms with Gasteiger partial charge in [-0.3, -0.25) is 4.79 Å². The Morgan fingerprint density at radius 2 is 1.76 bits per heavy atom. The van der Waals surface area contributed by atoms with Crippen molar-refractivity contribution in [2.24, 2.45) is 0 Å². The van der Waals surface area contributed by atoms with Crippen molar-refractivity contribution in [3.8, 4) is 11.3 Å². The van der Waals surface area contributed by atoms with Crippen LogP contribution in [-0.4, -0.2) is 49.1 Å². The minimum Gasteiger partial charge on any atom is -0.373 e. The van der Waals surface area contributed by atoms with E-state index in [2.05, 4.69) is 10.5 Å². The van der Waals surface area contributed by atoms with Crippen LogP contribution in [0.3, 0.4) is 0 Å². The van der Waals surface area contributed by atoms with Gasteiger partial charge in [0.05, 0.1) is 17.1 Å².